The van der Waals surface area contributed by atoms with Crippen LogP contribution >= 0.6 is 22.6 Å². The summed E-state index contributed by atoms with van der Waals surface area (Å²) in [6, 6.07) is 0. The van der Waals surface area contributed by atoms with Gasteiger partial charge in [-0.1, -0.05) is 0 Å². The normalized spacial score (nSPS) is 10.2. The Labute approximate surface area is 82.7 Å². The molecule has 3 N–H and O–H groups in total. The molecule has 0 fully saturated rings. The highest BCUT2D eigenvalue weighted by molar-refractivity contribution is 14.1. The summed E-state index contributed by atoms with van der Waals surface area (Å²) in [7, 11) is 0. The van der Waals surface area contributed by atoms with Crippen LogP contribution in [0.3, 0.4) is 0 Å². The van der Waals surface area contributed by atoms with Gasteiger partial charge in [0.1, 0.15) is 0 Å². The Morgan fingerprint density at radius 1 is 1.83 bits per heavy atom. The number of carbonyl (C=O) groups is 1. The number of nitrogen functional groups attached to an aromatic ring is 1. The summed E-state index contributed by atoms with van der Waals surface area (Å²) in [6.07, 6.45) is 0. The number of nitrogens with zero attached hydrogens (tertiary/aromatic N) is 2. The van der Waals surface area contributed by atoms with E-state index in [4.69, 9.17) is 10.8 Å². The molecule has 0 aliphatic rings. The predicted octanol–water partition coefficient (Wildman–Crippen LogP) is 0.788. The number of aromatic carboxylic acids is 1. The van der Waals surface area contributed by atoms with Crippen molar-refractivity contribution < 1.29 is 9.90 Å². The molecule has 1 rings (SSSR count). The monoisotopic (exact) mass is 281 g/mol. The van der Waals surface area contributed by atoms with E-state index in [1.165, 1.54) is 4.68 Å². The second kappa shape index (κ2) is 3.30. The van der Waals surface area contributed by atoms with Crippen LogP contribution in [0.4, 0.5) is 5.82 Å². The van der Waals surface area contributed by atoms with Gasteiger partial charge in [0.05, 0.1) is 3.57 Å². The maximum Gasteiger partial charge on any atom is 0.355 e. The Bertz CT molecular complexity index is 321. The molecule has 6 heteroatoms. The van der Waals surface area contributed by atoms with E-state index in [0.717, 1.165) is 0 Å². The summed E-state index contributed by atoms with van der Waals surface area (Å²) >= 11 is 1.88. The van der Waals surface area contributed by atoms with Gasteiger partial charge in [-0.2, -0.15) is 5.10 Å². The number of halogens is 1. The number of anilines is 1. The van der Waals surface area contributed by atoms with Crippen molar-refractivity contribution in [2.45, 2.75) is 13.5 Å². The van der Waals surface area contributed by atoms with Gasteiger partial charge in [0.25, 0.3) is 0 Å². The molecule has 0 bridgehead atoms. The molecule has 0 atom stereocenters. The fourth-order valence-electron chi connectivity index (χ4n) is 0.892. The first-order valence-corrected chi connectivity index (χ1v) is 4.40. The van der Waals surface area contributed by atoms with Crippen molar-refractivity contribution in [1.29, 1.82) is 0 Å². The number of carboxylic acids is 1. The van der Waals surface area contributed by atoms with Crippen LogP contribution in [0.25, 0.3) is 0 Å². The zero-order valence-electron chi connectivity index (χ0n) is 6.41. The molecule has 0 unspecified atom stereocenters. The van der Waals surface area contributed by atoms with Gasteiger partial charge < -0.3 is 10.8 Å². The molecule has 5 nitrogen and oxygen atoms in total. The van der Waals surface area contributed by atoms with Gasteiger partial charge in [-0.25, -0.2) is 4.79 Å². The maximum atomic E-state index is 10.7. The van der Waals surface area contributed by atoms with Crippen LogP contribution in [0.5, 0.6) is 0 Å². The zero-order chi connectivity index (χ0) is 9.30. The van der Waals surface area contributed by atoms with Gasteiger partial charge in [0, 0.05) is 6.54 Å². The average Bonchev–Trinajstić information content (AvgIpc) is 2.28. The molecule has 0 spiro atoms. The number of rotatable bonds is 2. The molecule has 1 heterocycles. The third-order valence-corrected chi connectivity index (χ3v) is 2.48. The Morgan fingerprint density at radius 2 is 2.42 bits per heavy atom. The summed E-state index contributed by atoms with van der Waals surface area (Å²) < 4.78 is 1.88. The van der Waals surface area contributed by atoms with Gasteiger partial charge >= 0.3 is 5.97 Å². The minimum atomic E-state index is -0.995. The number of nitrogens with two attached hydrogens (primary N) is 1. The molecule has 12 heavy (non-hydrogen) atoms. The summed E-state index contributed by atoms with van der Waals surface area (Å²) in [6.45, 7) is 2.32. The first-order chi connectivity index (χ1) is 5.57. The SMILES string of the molecule is CCn1nc(N)c(I)c1C(=O)O. The molecule has 0 amide bonds. The fourth-order valence-corrected chi connectivity index (χ4v) is 1.51. The molecule has 1 aromatic rings. The van der Waals surface area contributed by atoms with Crippen molar-refractivity contribution in [2.75, 3.05) is 5.73 Å². The molecule has 1 aromatic heterocycles. The zero-order valence-corrected chi connectivity index (χ0v) is 8.57. The van der Waals surface area contributed by atoms with Crippen LogP contribution in [0, 0.1) is 3.57 Å². The summed E-state index contributed by atoms with van der Waals surface area (Å²) in [4.78, 5) is 10.7. The standard InChI is InChI=1S/C6H8IN3O2/c1-2-10-4(6(11)12)3(7)5(8)9-10/h2H2,1H3,(H2,8,9)(H,11,12). The third kappa shape index (κ3) is 1.38. The lowest BCUT2D eigenvalue weighted by Gasteiger charge is -1.97. The van der Waals surface area contributed by atoms with E-state index < -0.39 is 5.97 Å². The highest BCUT2D eigenvalue weighted by atomic mass is 127. The lowest BCUT2D eigenvalue weighted by molar-refractivity contribution is 0.0682. The molecule has 0 aliphatic heterocycles. The fraction of sp³-hybridized carbons (Fsp3) is 0.333. The number of aromatic nitrogens is 2. The van der Waals surface area contributed by atoms with Crippen molar-refractivity contribution >= 4 is 34.4 Å². The second-order valence-corrected chi connectivity index (χ2v) is 3.25. The van der Waals surface area contributed by atoms with Crippen LogP contribution in [-0.4, -0.2) is 20.9 Å². The van der Waals surface area contributed by atoms with Crippen molar-refractivity contribution in [2.24, 2.45) is 0 Å². The first kappa shape index (κ1) is 9.30. The van der Waals surface area contributed by atoms with Crippen LogP contribution in [0.15, 0.2) is 0 Å². The molecular weight excluding hydrogens is 273 g/mol. The predicted molar refractivity (Wildman–Crippen MR) is 52.0 cm³/mol. The first-order valence-electron chi connectivity index (χ1n) is 3.33. The van der Waals surface area contributed by atoms with Crippen LogP contribution in [0.2, 0.25) is 0 Å². The molecule has 0 aromatic carbocycles. The topological polar surface area (TPSA) is 81.1 Å². The van der Waals surface area contributed by atoms with Crippen LogP contribution in [-0.2, 0) is 6.54 Å². The van der Waals surface area contributed by atoms with Gasteiger partial charge in [0.15, 0.2) is 11.5 Å². The molecule has 0 saturated carbocycles. The largest absolute Gasteiger partial charge is 0.476 e. The molecular formula is C6H8IN3O2. The van der Waals surface area contributed by atoms with Crippen LogP contribution < -0.4 is 5.73 Å². The number of carboxylic acid groups (broad SMARTS) is 1. The van der Waals surface area contributed by atoms with Gasteiger partial charge in [0.2, 0.25) is 0 Å². The average molecular weight is 281 g/mol. The van der Waals surface area contributed by atoms with Gasteiger partial charge in [-0.15, -0.1) is 0 Å². The van der Waals surface area contributed by atoms with Crippen molar-refractivity contribution in [3.63, 3.8) is 0 Å². The van der Waals surface area contributed by atoms with E-state index in [-0.39, 0.29) is 11.5 Å². The summed E-state index contributed by atoms with van der Waals surface area (Å²) in [5, 5.41) is 12.6. The molecule has 0 radical (unpaired) electrons. The smallest absolute Gasteiger partial charge is 0.355 e. The minimum Gasteiger partial charge on any atom is -0.476 e. The van der Waals surface area contributed by atoms with E-state index in [9.17, 15) is 4.79 Å². The second-order valence-electron chi connectivity index (χ2n) is 2.17. The molecule has 66 valence electrons. The van der Waals surface area contributed by atoms with Crippen molar-refractivity contribution in [3.8, 4) is 0 Å². The Balaban J connectivity index is 3.31. The summed E-state index contributed by atoms with van der Waals surface area (Å²) in [5.41, 5.74) is 5.61. The van der Waals surface area contributed by atoms with E-state index in [2.05, 4.69) is 5.10 Å². The van der Waals surface area contributed by atoms with Gasteiger partial charge in [-0.05, 0) is 29.5 Å². The van der Waals surface area contributed by atoms with Crippen LogP contribution in [0.1, 0.15) is 17.4 Å². The lowest BCUT2D eigenvalue weighted by atomic mass is 10.4. The minimum absolute atomic E-state index is 0.163. The van der Waals surface area contributed by atoms with E-state index in [1.807, 2.05) is 29.5 Å². The quantitative estimate of drug-likeness (QED) is 0.785. The highest BCUT2D eigenvalue weighted by Gasteiger charge is 2.18. The van der Waals surface area contributed by atoms with Crippen molar-refractivity contribution in [1.82, 2.24) is 9.78 Å². The maximum absolute atomic E-state index is 10.7. The van der Waals surface area contributed by atoms with Gasteiger partial charge in [-0.3, -0.25) is 4.68 Å². The third-order valence-electron chi connectivity index (χ3n) is 1.42. The number of aryl methyl sites for hydroxylation is 1. The van der Waals surface area contributed by atoms with E-state index >= 15 is 0 Å². The number of hydrogen-bond donors (Lipinski definition) is 2. The Kier molecular flexibility index (Phi) is 2.55. The Morgan fingerprint density at radius 3 is 2.75 bits per heavy atom. The Hall–Kier alpha value is -0.790. The summed E-state index contributed by atoms with van der Waals surface area (Å²) in [5.74, 6) is -0.722. The van der Waals surface area contributed by atoms with E-state index in [0.29, 0.717) is 10.1 Å². The highest BCUT2D eigenvalue weighted by Crippen LogP contribution is 2.18. The molecule has 0 saturated heterocycles. The lowest BCUT2D eigenvalue weighted by Crippen LogP contribution is -2.09. The van der Waals surface area contributed by atoms with Crippen molar-refractivity contribution in [3.05, 3.63) is 9.26 Å². The molecule has 0 aliphatic carbocycles. The number of hydrogen-bond acceptors (Lipinski definition) is 3. The van der Waals surface area contributed by atoms with E-state index in [1.54, 1.807) is 0 Å².